The van der Waals surface area contributed by atoms with Crippen LogP contribution in [0.5, 0.6) is 0 Å². The Morgan fingerprint density at radius 2 is 1.83 bits per heavy atom. The summed E-state index contributed by atoms with van der Waals surface area (Å²) in [6.45, 7) is 6.08. The van der Waals surface area contributed by atoms with E-state index < -0.39 is 0 Å². The van der Waals surface area contributed by atoms with Gasteiger partial charge in [0.2, 0.25) is 5.91 Å². The van der Waals surface area contributed by atoms with Crippen LogP contribution < -0.4 is 5.32 Å². The van der Waals surface area contributed by atoms with E-state index in [1.807, 2.05) is 20.8 Å². The van der Waals surface area contributed by atoms with Crippen molar-refractivity contribution in [2.24, 2.45) is 0 Å². The maximum Gasteiger partial charge on any atom is 0.228 e. The second-order valence-corrected chi connectivity index (χ2v) is 5.83. The second kappa shape index (κ2) is 5.88. The largest absolute Gasteiger partial charge is 0.464 e. The van der Waals surface area contributed by atoms with Gasteiger partial charge in [0.05, 0.1) is 12.7 Å². The van der Waals surface area contributed by atoms with Crippen LogP contribution >= 0.6 is 0 Å². The summed E-state index contributed by atoms with van der Waals surface area (Å²) in [6, 6.07) is 7.83. The number of nitrogens with one attached hydrogen (secondary N) is 1. The van der Waals surface area contributed by atoms with Crippen LogP contribution in [-0.4, -0.2) is 5.91 Å². The molecule has 23 heavy (non-hydrogen) atoms. The van der Waals surface area contributed by atoms with Crippen LogP contribution in [-0.2, 0) is 11.2 Å². The van der Waals surface area contributed by atoms with E-state index in [1.54, 1.807) is 18.4 Å². The zero-order valence-corrected chi connectivity index (χ0v) is 13.4. The van der Waals surface area contributed by atoms with E-state index in [9.17, 15) is 9.18 Å². The maximum absolute atomic E-state index is 12.9. The first-order chi connectivity index (χ1) is 11.0. The summed E-state index contributed by atoms with van der Waals surface area (Å²) >= 11 is 0. The topological polar surface area (TPSA) is 42.2 Å². The molecule has 1 aromatic heterocycles. The first-order valence-electron chi connectivity index (χ1n) is 7.48. The molecule has 0 spiro atoms. The van der Waals surface area contributed by atoms with Crippen LogP contribution in [0.3, 0.4) is 0 Å². The minimum Gasteiger partial charge on any atom is -0.464 e. The first kappa shape index (κ1) is 15.3. The van der Waals surface area contributed by atoms with Crippen molar-refractivity contribution in [3.8, 4) is 0 Å². The summed E-state index contributed by atoms with van der Waals surface area (Å²) in [5, 5.41) is 3.77. The second-order valence-electron chi connectivity index (χ2n) is 5.83. The molecular weight excluding hydrogens is 293 g/mol. The van der Waals surface area contributed by atoms with E-state index in [0.717, 1.165) is 27.7 Å². The lowest BCUT2D eigenvalue weighted by molar-refractivity contribution is -0.115. The number of carbonyl (C=O) groups excluding carboxylic acids is 1. The molecule has 1 N–H and O–H groups in total. The Hall–Kier alpha value is -2.62. The van der Waals surface area contributed by atoms with Crippen LogP contribution in [0.2, 0.25) is 0 Å². The van der Waals surface area contributed by atoms with Crippen molar-refractivity contribution in [2.45, 2.75) is 27.2 Å². The monoisotopic (exact) mass is 311 g/mol. The van der Waals surface area contributed by atoms with E-state index in [-0.39, 0.29) is 18.1 Å². The number of aryl methyl sites for hydroxylation is 3. The number of rotatable bonds is 3. The number of hydrogen-bond donors (Lipinski definition) is 1. The number of carbonyl (C=O) groups is 1. The Morgan fingerprint density at radius 1 is 1.13 bits per heavy atom. The fourth-order valence-corrected chi connectivity index (χ4v) is 2.83. The van der Waals surface area contributed by atoms with Crippen molar-refractivity contribution >= 4 is 22.6 Å². The van der Waals surface area contributed by atoms with Crippen LogP contribution in [0.15, 0.2) is 41.0 Å². The Bertz CT molecular complexity index is 879. The summed E-state index contributed by atoms with van der Waals surface area (Å²) in [5.41, 5.74) is 5.64. The van der Waals surface area contributed by atoms with Crippen molar-refractivity contribution in [1.82, 2.24) is 0 Å². The standard InChI is InChI=1S/C19H18FNO2/c1-11-8-12(2)18-14(10-23-19(18)13(11)3)9-17(22)21-16-6-4-15(20)5-7-16/h4-8,10H,9H2,1-3H3,(H,21,22). The van der Waals surface area contributed by atoms with Gasteiger partial charge in [-0.2, -0.15) is 0 Å². The molecule has 3 rings (SSSR count). The van der Waals surface area contributed by atoms with Gasteiger partial charge in [0.1, 0.15) is 11.4 Å². The van der Waals surface area contributed by atoms with E-state index in [4.69, 9.17) is 4.42 Å². The summed E-state index contributed by atoms with van der Waals surface area (Å²) in [5.74, 6) is -0.484. The molecular formula is C19H18FNO2. The Labute approximate surface area is 134 Å². The molecule has 0 bridgehead atoms. The van der Waals surface area contributed by atoms with Gasteiger partial charge in [-0.3, -0.25) is 4.79 Å². The average Bonchev–Trinajstić information content (AvgIpc) is 2.91. The van der Waals surface area contributed by atoms with Crippen LogP contribution in [0.1, 0.15) is 22.3 Å². The van der Waals surface area contributed by atoms with Crippen molar-refractivity contribution < 1.29 is 13.6 Å². The smallest absolute Gasteiger partial charge is 0.228 e. The number of amides is 1. The Balaban J connectivity index is 1.85. The zero-order chi connectivity index (χ0) is 16.6. The van der Waals surface area contributed by atoms with Gasteiger partial charge in [0, 0.05) is 16.6 Å². The summed E-state index contributed by atoms with van der Waals surface area (Å²) in [6.07, 6.45) is 1.86. The number of anilines is 1. The number of fused-ring (bicyclic) bond motifs is 1. The third-order valence-electron chi connectivity index (χ3n) is 4.11. The van der Waals surface area contributed by atoms with Crippen molar-refractivity contribution in [1.29, 1.82) is 0 Å². The Kier molecular flexibility index (Phi) is 3.90. The number of furan rings is 1. The third-order valence-corrected chi connectivity index (χ3v) is 4.11. The van der Waals surface area contributed by atoms with Gasteiger partial charge in [-0.05, 0) is 61.7 Å². The molecule has 1 heterocycles. The third kappa shape index (κ3) is 2.97. The molecule has 118 valence electrons. The molecule has 0 saturated heterocycles. The summed E-state index contributed by atoms with van der Waals surface area (Å²) in [4.78, 5) is 12.2. The molecule has 4 heteroatoms. The van der Waals surface area contributed by atoms with Gasteiger partial charge in [0.25, 0.3) is 0 Å². The first-order valence-corrected chi connectivity index (χ1v) is 7.48. The molecule has 1 amide bonds. The van der Waals surface area contributed by atoms with Gasteiger partial charge in [-0.15, -0.1) is 0 Å². The molecule has 2 aromatic carbocycles. The highest BCUT2D eigenvalue weighted by molar-refractivity contribution is 5.96. The predicted molar refractivity (Wildman–Crippen MR) is 89.2 cm³/mol. The van der Waals surface area contributed by atoms with E-state index in [1.165, 1.54) is 17.7 Å². The molecule has 0 saturated carbocycles. The highest BCUT2D eigenvalue weighted by Crippen LogP contribution is 2.30. The molecule has 0 fully saturated rings. The lowest BCUT2D eigenvalue weighted by Gasteiger charge is -2.07. The van der Waals surface area contributed by atoms with E-state index in [0.29, 0.717) is 5.69 Å². The molecule has 0 aliphatic rings. The van der Waals surface area contributed by atoms with Crippen LogP contribution in [0.4, 0.5) is 10.1 Å². The zero-order valence-electron chi connectivity index (χ0n) is 13.4. The van der Waals surface area contributed by atoms with Crippen molar-refractivity contribution in [3.05, 3.63) is 64.7 Å². The molecule has 3 aromatic rings. The lowest BCUT2D eigenvalue weighted by Crippen LogP contribution is -2.14. The number of hydrogen-bond acceptors (Lipinski definition) is 2. The van der Waals surface area contributed by atoms with Gasteiger partial charge in [-0.1, -0.05) is 6.07 Å². The van der Waals surface area contributed by atoms with Gasteiger partial charge in [0.15, 0.2) is 0 Å². The number of halogens is 1. The highest BCUT2D eigenvalue weighted by atomic mass is 19.1. The quantitative estimate of drug-likeness (QED) is 0.763. The fraction of sp³-hybridized carbons (Fsp3) is 0.211. The maximum atomic E-state index is 12.9. The fourth-order valence-electron chi connectivity index (χ4n) is 2.83. The summed E-state index contributed by atoms with van der Waals surface area (Å²) in [7, 11) is 0. The van der Waals surface area contributed by atoms with Crippen LogP contribution in [0, 0.1) is 26.6 Å². The molecule has 0 aliphatic carbocycles. The molecule has 0 radical (unpaired) electrons. The molecule has 0 unspecified atom stereocenters. The highest BCUT2D eigenvalue weighted by Gasteiger charge is 2.15. The lowest BCUT2D eigenvalue weighted by atomic mass is 9.99. The minimum absolute atomic E-state index is 0.156. The SMILES string of the molecule is Cc1cc(C)c2c(CC(=O)Nc3ccc(F)cc3)coc2c1C. The van der Waals surface area contributed by atoms with Gasteiger partial charge >= 0.3 is 0 Å². The van der Waals surface area contributed by atoms with E-state index in [2.05, 4.69) is 11.4 Å². The minimum atomic E-state index is -0.328. The molecule has 3 nitrogen and oxygen atoms in total. The average molecular weight is 311 g/mol. The number of benzene rings is 2. The molecule has 0 aliphatic heterocycles. The predicted octanol–water partition coefficient (Wildman–Crippen LogP) is 4.68. The van der Waals surface area contributed by atoms with Gasteiger partial charge < -0.3 is 9.73 Å². The Morgan fingerprint density at radius 3 is 2.52 bits per heavy atom. The molecule has 0 atom stereocenters. The van der Waals surface area contributed by atoms with Crippen molar-refractivity contribution in [3.63, 3.8) is 0 Å². The normalized spacial score (nSPS) is 11.0. The summed E-state index contributed by atoms with van der Waals surface area (Å²) < 4.78 is 18.6. The van der Waals surface area contributed by atoms with Crippen molar-refractivity contribution in [2.75, 3.05) is 5.32 Å². The van der Waals surface area contributed by atoms with E-state index >= 15 is 0 Å². The van der Waals surface area contributed by atoms with Crippen LogP contribution in [0.25, 0.3) is 11.0 Å². The van der Waals surface area contributed by atoms with Gasteiger partial charge in [-0.25, -0.2) is 4.39 Å².